The Balaban J connectivity index is 2.04. The van der Waals surface area contributed by atoms with Gasteiger partial charge in [-0.2, -0.15) is 0 Å². The van der Waals surface area contributed by atoms with Crippen LogP contribution in [0, 0.1) is 0 Å². The average Bonchev–Trinajstić information content (AvgIpc) is 3.48. The summed E-state index contributed by atoms with van der Waals surface area (Å²) in [6.45, 7) is 0.421. The topological polar surface area (TPSA) is 50.9 Å². The minimum absolute atomic E-state index is 0.364. The van der Waals surface area contributed by atoms with Crippen LogP contribution >= 0.6 is 0 Å². The number of nitrogens with two attached hydrogens (primary N) is 1. The van der Waals surface area contributed by atoms with Gasteiger partial charge in [-0.3, -0.25) is 4.99 Å². The van der Waals surface area contributed by atoms with Gasteiger partial charge < -0.3 is 15.4 Å². The zero-order chi connectivity index (χ0) is 18.7. The van der Waals surface area contributed by atoms with Crippen molar-refractivity contribution in [1.82, 2.24) is 0 Å². The average molecular weight is 363 g/mol. The van der Waals surface area contributed by atoms with Crippen LogP contribution in [-0.4, -0.2) is 44.8 Å². The number of fused-ring (bicyclic) bond motifs is 1. The Morgan fingerprint density at radius 1 is 1.35 bits per heavy atom. The maximum atomic E-state index is 13.2. The molecule has 2 N–H and O–H groups in total. The van der Waals surface area contributed by atoms with Crippen LogP contribution in [0.25, 0.3) is 5.57 Å². The Hall–Kier alpha value is -2.11. The Bertz CT molecular complexity index is 697. The number of ether oxygens (including phenoxy) is 1. The van der Waals surface area contributed by atoms with Crippen molar-refractivity contribution in [2.75, 3.05) is 25.3 Å². The number of alkyl halides is 2. The Morgan fingerprint density at radius 3 is 2.69 bits per heavy atom. The van der Waals surface area contributed by atoms with Crippen molar-refractivity contribution in [3.8, 4) is 5.75 Å². The van der Waals surface area contributed by atoms with Crippen LogP contribution in [-0.2, 0) is 6.42 Å². The van der Waals surface area contributed by atoms with Gasteiger partial charge in [0.25, 0.3) is 0 Å². The number of anilines is 1. The molecule has 0 aromatic heterocycles. The standard InChI is InChI=1S/C20H27F2N3O/c1-13-3-6-18-19(25(13)2)8-7-17(20(18)26-16(9-21)10-22)14(11-23)12-24-15-4-5-15/h7-8,11-13,15-16H,3-6,9-10,23H2,1-2H3. The fourth-order valence-corrected chi connectivity index (χ4v) is 3.22. The van der Waals surface area contributed by atoms with Gasteiger partial charge in [0.05, 0.1) is 6.04 Å². The van der Waals surface area contributed by atoms with E-state index in [0.29, 0.717) is 23.4 Å². The zero-order valence-corrected chi connectivity index (χ0v) is 15.4. The molecule has 1 saturated carbocycles. The second kappa shape index (κ2) is 8.06. The highest BCUT2D eigenvalue weighted by Crippen LogP contribution is 2.41. The summed E-state index contributed by atoms with van der Waals surface area (Å²) in [5.74, 6) is 0.528. The molecule has 1 aromatic rings. The maximum Gasteiger partial charge on any atom is 0.155 e. The highest BCUT2D eigenvalue weighted by atomic mass is 19.1. The molecule has 0 amide bonds. The van der Waals surface area contributed by atoms with E-state index in [1.165, 1.54) is 6.20 Å². The molecular formula is C20H27F2N3O. The second-order valence-corrected chi connectivity index (χ2v) is 7.12. The highest BCUT2D eigenvalue weighted by molar-refractivity contribution is 6.11. The van der Waals surface area contributed by atoms with Gasteiger partial charge in [0.15, 0.2) is 6.10 Å². The molecular weight excluding hydrogens is 336 g/mol. The molecule has 3 rings (SSSR count). The number of benzene rings is 1. The normalized spacial score (nSPS) is 20.7. The zero-order valence-electron chi connectivity index (χ0n) is 15.4. The van der Waals surface area contributed by atoms with Crippen molar-refractivity contribution in [3.05, 3.63) is 29.5 Å². The summed E-state index contributed by atoms with van der Waals surface area (Å²) in [6.07, 6.45) is 6.07. The quantitative estimate of drug-likeness (QED) is 0.752. The van der Waals surface area contributed by atoms with E-state index in [2.05, 4.69) is 16.8 Å². The van der Waals surface area contributed by atoms with Crippen molar-refractivity contribution >= 4 is 17.5 Å². The molecule has 1 heterocycles. The lowest BCUT2D eigenvalue weighted by Gasteiger charge is -2.35. The van der Waals surface area contributed by atoms with Gasteiger partial charge in [-0.15, -0.1) is 0 Å². The summed E-state index contributed by atoms with van der Waals surface area (Å²) in [6, 6.07) is 4.71. The van der Waals surface area contributed by atoms with Crippen LogP contribution in [0.1, 0.15) is 37.3 Å². The van der Waals surface area contributed by atoms with Crippen molar-refractivity contribution < 1.29 is 13.5 Å². The molecule has 6 heteroatoms. The first kappa shape index (κ1) is 18.7. The first-order valence-corrected chi connectivity index (χ1v) is 9.21. The van der Waals surface area contributed by atoms with E-state index in [-0.39, 0.29) is 0 Å². The number of halogens is 2. The third-order valence-electron chi connectivity index (χ3n) is 5.18. The Morgan fingerprint density at radius 2 is 2.08 bits per heavy atom. The molecule has 1 aromatic carbocycles. The molecule has 1 fully saturated rings. The molecule has 0 spiro atoms. The Kier molecular flexibility index (Phi) is 5.79. The monoisotopic (exact) mass is 363 g/mol. The molecule has 0 saturated heterocycles. The molecule has 4 nitrogen and oxygen atoms in total. The van der Waals surface area contributed by atoms with Crippen molar-refractivity contribution in [3.63, 3.8) is 0 Å². The van der Waals surface area contributed by atoms with E-state index in [9.17, 15) is 8.78 Å². The number of hydrogen-bond acceptors (Lipinski definition) is 4. The van der Waals surface area contributed by atoms with Crippen LogP contribution in [0.5, 0.6) is 5.75 Å². The van der Waals surface area contributed by atoms with Gasteiger partial charge in [-0.05, 0) is 44.7 Å². The molecule has 0 radical (unpaired) electrons. The van der Waals surface area contributed by atoms with E-state index < -0.39 is 19.5 Å². The Labute approximate surface area is 153 Å². The highest BCUT2D eigenvalue weighted by Gasteiger charge is 2.27. The number of aliphatic imine (C=N–C) groups is 1. The van der Waals surface area contributed by atoms with E-state index in [1.54, 1.807) is 6.21 Å². The summed E-state index contributed by atoms with van der Waals surface area (Å²) < 4.78 is 32.1. The SMILES string of the molecule is CC1CCc2c(ccc(C(C=NC3CC3)=CN)c2OC(CF)CF)N1C. The van der Waals surface area contributed by atoms with Crippen LogP contribution in [0.2, 0.25) is 0 Å². The minimum atomic E-state index is -1.11. The van der Waals surface area contributed by atoms with Crippen LogP contribution in [0.3, 0.4) is 0 Å². The lowest BCUT2D eigenvalue weighted by Crippen LogP contribution is -2.34. The van der Waals surface area contributed by atoms with Gasteiger partial charge in [0, 0.05) is 47.9 Å². The predicted octanol–water partition coefficient (Wildman–Crippen LogP) is 3.68. The van der Waals surface area contributed by atoms with Gasteiger partial charge >= 0.3 is 0 Å². The van der Waals surface area contributed by atoms with E-state index in [4.69, 9.17) is 10.5 Å². The van der Waals surface area contributed by atoms with Crippen LogP contribution in [0.4, 0.5) is 14.5 Å². The minimum Gasteiger partial charge on any atom is -0.484 e. The molecule has 1 aliphatic heterocycles. The smallest absolute Gasteiger partial charge is 0.155 e. The number of nitrogens with zero attached hydrogens (tertiary/aromatic N) is 2. The summed E-state index contributed by atoms with van der Waals surface area (Å²) in [7, 11) is 2.03. The van der Waals surface area contributed by atoms with Crippen molar-refractivity contribution in [2.24, 2.45) is 10.7 Å². The fraction of sp³-hybridized carbons (Fsp3) is 0.550. The second-order valence-electron chi connectivity index (χ2n) is 7.12. The van der Waals surface area contributed by atoms with E-state index in [0.717, 1.165) is 42.5 Å². The van der Waals surface area contributed by atoms with Crippen LogP contribution < -0.4 is 15.4 Å². The molecule has 1 atom stereocenters. The molecule has 142 valence electrons. The largest absolute Gasteiger partial charge is 0.484 e. The van der Waals surface area contributed by atoms with Crippen LogP contribution in [0.15, 0.2) is 23.3 Å². The van der Waals surface area contributed by atoms with Gasteiger partial charge in [-0.25, -0.2) is 8.78 Å². The van der Waals surface area contributed by atoms with Crippen molar-refractivity contribution in [1.29, 1.82) is 0 Å². The molecule has 1 aliphatic carbocycles. The first-order chi connectivity index (χ1) is 12.6. The number of rotatable bonds is 7. The predicted molar refractivity (Wildman–Crippen MR) is 103 cm³/mol. The van der Waals surface area contributed by atoms with E-state index >= 15 is 0 Å². The summed E-state index contributed by atoms with van der Waals surface area (Å²) in [5, 5.41) is 0. The van der Waals surface area contributed by atoms with E-state index in [1.807, 2.05) is 19.2 Å². The van der Waals surface area contributed by atoms with Gasteiger partial charge in [-0.1, -0.05) is 0 Å². The number of allylic oxidation sites excluding steroid dienone is 1. The molecule has 26 heavy (non-hydrogen) atoms. The molecule has 2 aliphatic rings. The summed E-state index contributed by atoms with van der Waals surface area (Å²) in [4.78, 5) is 6.68. The first-order valence-electron chi connectivity index (χ1n) is 9.21. The third kappa shape index (κ3) is 3.84. The lowest BCUT2D eigenvalue weighted by molar-refractivity contribution is 0.132. The third-order valence-corrected chi connectivity index (χ3v) is 5.18. The van der Waals surface area contributed by atoms with Gasteiger partial charge in [0.2, 0.25) is 0 Å². The van der Waals surface area contributed by atoms with Crippen molar-refractivity contribution in [2.45, 2.75) is 50.8 Å². The number of hydrogen-bond donors (Lipinski definition) is 1. The molecule has 0 bridgehead atoms. The molecule has 1 unspecified atom stereocenters. The fourth-order valence-electron chi connectivity index (χ4n) is 3.22. The lowest BCUT2D eigenvalue weighted by atomic mass is 9.92. The summed E-state index contributed by atoms with van der Waals surface area (Å²) in [5.41, 5.74) is 9.31. The summed E-state index contributed by atoms with van der Waals surface area (Å²) >= 11 is 0. The van der Waals surface area contributed by atoms with Gasteiger partial charge in [0.1, 0.15) is 19.1 Å². The maximum absolute atomic E-state index is 13.2.